The summed E-state index contributed by atoms with van der Waals surface area (Å²) in [5.41, 5.74) is 1.68. The molecule has 2 aromatic carbocycles. The summed E-state index contributed by atoms with van der Waals surface area (Å²) in [5.74, 6) is -0.163. The van der Waals surface area contributed by atoms with Crippen molar-refractivity contribution >= 4 is 21.6 Å². The van der Waals surface area contributed by atoms with Gasteiger partial charge in [0.2, 0.25) is 0 Å². The molecule has 0 radical (unpaired) electrons. The molecular weight excluding hydrogens is 293 g/mol. The molecule has 0 saturated carbocycles. The van der Waals surface area contributed by atoms with Crippen molar-refractivity contribution in [3.63, 3.8) is 0 Å². The van der Waals surface area contributed by atoms with E-state index >= 15 is 0 Å². The number of rotatable bonds is 4. The SMILES string of the molecule is CCC(Nc1ccccc1Br)c1ccccc1F. The summed E-state index contributed by atoms with van der Waals surface area (Å²) in [6.07, 6.45) is 0.822. The predicted molar refractivity (Wildman–Crippen MR) is 77.2 cm³/mol. The van der Waals surface area contributed by atoms with Gasteiger partial charge in [0.05, 0.1) is 6.04 Å². The van der Waals surface area contributed by atoms with Crippen molar-refractivity contribution in [3.05, 3.63) is 64.4 Å². The highest BCUT2D eigenvalue weighted by molar-refractivity contribution is 9.10. The molecule has 0 saturated heterocycles. The lowest BCUT2D eigenvalue weighted by Crippen LogP contribution is -2.11. The number of nitrogens with one attached hydrogen (secondary N) is 1. The minimum absolute atomic E-state index is 0.0232. The summed E-state index contributed by atoms with van der Waals surface area (Å²) in [6, 6.07) is 14.7. The van der Waals surface area contributed by atoms with Crippen LogP contribution in [0.5, 0.6) is 0 Å². The fourth-order valence-electron chi connectivity index (χ4n) is 1.92. The number of hydrogen-bond donors (Lipinski definition) is 1. The zero-order valence-corrected chi connectivity index (χ0v) is 11.7. The number of halogens is 2. The van der Waals surface area contributed by atoms with Crippen molar-refractivity contribution < 1.29 is 4.39 Å². The van der Waals surface area contributed by atoms with Gasteiger partial charge in [0.15, 0.2) is 0 Å². The standard InChI is InChI=1S/C15H15BrFN/c1-2-14(11-7-3-5-9-13(11)17)18-15-10-6-4-8-12(15)16/h3-10,14,18H,2H2,1H3. The molecule has 1 N–H and O–H groups in total. The molecule has 0 aliphatic heterocycles. The third kappa shape index (κ3) is 2.91. The molecule has 0 aromatic heterocycles. The number of benzene rings is 2. The molecule has 0 amide bonds. The summed E-state index contributed by atoms with van der Waals surface area (Å²) in [4.78, 5) is 0. The third-order valence-corrected chi connectivity index (χ3v) is 3.58. The summed E-state index contributed by atoms with van der Waals surface area (Å²) in [5, 5.41) is 3.37. The van der Waals surface area contributed by atoms with Crippen molar-refractivity contribution in [2.45, 2.75) is 19.4 Å². The number of anilines is 1. The first kappa shape index (κ1) is 13.1. The first-order chi connectivity index (χ1) is 8.72. The average Bonchev–Trinajstić information content (AvgIpc) is 2.39. The van der Waals surface area contributed by atoms with Gasteiger partial charge in [-0.3, -0.25) is 0 Å². The second-order valence-electron chi connectivity index (χ2n) is 4.11. The Bertz CT molecular complexity index is 527. The van der Waals surface area contributed by atoms with Crippen LogP contribution < -0.4 is 5.32 Å². The molecule has 2 rings (SSSR count). The molecular formula is C15H15BrFN. The second kappa shape index (κ2) is 6.01. The van der Waals surface area contributed by atoms with E-state index in [4.69, 9.17) is 0 Å². The van der Waals surface area contributed by atoms with E-state index in [0.29, 0.717) is 5.56 Å². The van der Waals surface area contributed by atoms with Gasteiger partial charge in [-0.05, 0) is 40.5 Å². The fraction of sp³-hybridized carbons (Fsp3) is 0.200. The van der Waals surface area contributed by atoms with Crippen LogP contribution in [-0.2, 0) is 0 Å². The van der Waals surface area contributed by atoms with E-state index in [2.05, 4.69) is 21.2 Å². The van der Waals surface area contributed by atoms with E-state index in [0.717, 1.165) is 16.6 Å². The largest absolute Gasteiger partial charge is 0.377 e. The minimum atomic E-state index is -0.163. The molecule has 0 spiro atoms. The molecule has 0 aliphatic rings. The Balaban J connectivity index is 2.26. The van der Waals surface area contributed by atoms with Gasteiger partial charge in [-0.15, -0.1) is 0 Å². The van der Waals surface area contributed by atoms with Crippen molar-refractivity contribution in [1.29, 1.82) is 0 Å². The van der Waals surface area contributed by atoms with Crippen LogP contribution in [-0.4, -0.2) is 0 Å². The van der Waals surface area contributed by atoms with Gasteiger partial charge in [0, 0.05) is 15.7 Å². The van der Waals surface area contributed by atoms with Gasteiger partial charge in [-0.25, -0.2) is 4.39 Å². The number of para-hydroxylation sites is 1. The molecule has 0 aliphatic carbocycles. The minimum Gasteiger partial charge on any atom is -0.377 e. The van der Waals surface area contributed by atoms with Crippen molar-refractivity contribution in [2.24, 2.45) is 0 Å². The van der Waals surface area contributed by atoms with Crippen molar-refractivity contribution in [2.75, 3.05) is 5.32 Å². The van der Waals surface area contributed by atoms with Gasteiger partial charge < -0.3 is 5.32 Å². The second-order valence-corrected chi connectivity index (χ2v) is 4.96. The predicted octanol–water partition coefficient (Wildman–Crippen LogP) is 5.15. The molecule has 94 valence electrons. The number of hydrogen-bond acceptors (Lipinski definition) is 1. The Labute approximate surface area is 115 Å². The molecule has 18 heavy (non-hydrogen) atoms. The van der Waals surface area contributed by atoms with E-state index in [1.807, 2.05) is 43.3 Å². The van der Waals surface area contributed by atoms with Gasteiger partial charge in [0.25, 0.3) is 0 Å². The molecule has 1 nitrogen and oxygen atoms in total. The van der Waals surface area contributed by atoms with Gasteiger partial charge in [-0.2, -0.15) is 0 Å². The highest BCUT2D eigenvalue weighted by Gasteiger charge is 2.14. The monoisotopic (exact) mass is 307 g/mol. The molecule has 0 fully saturated rings. The zero-order chi connectivity index (χ0) is 13.0. The maximum Gasteiger partial charge on any atom is 0.128 e. The molecule has 0 heterocycles. The highest BCUT2D eigenvalue weighted by atomic mass is 79.9. The van der Waals surface area contributed by atoms with Crippen LogP contribution in [0.3, 0.4) is 0 Å². The van der Waals surface area contributed by atoms with Crippen LogP contribution in [0.1, 0.15) is 24.9 Å². The lowest BCUT2D eigenvalue weighted by atomic mass is 10.0. The molecule has 1 unspecified atom stereocenters. The van der Waals surface area contributed by atoms with Gasteiger partial charge >= 0.3 is 0 Å². The van der Waals surface area contributed by atoms with E-state index < -0.39 is 0 Å². The third-order valence-electron chi connectivity index (χ3n) is 2.89. The van der Waals surface area contributed by atoms with Crippen LogP contribution in [0.4, 0.5) is 10.1 Å². The van der Waals surface area contributed by atoms with Gasteiger partial charge in [0.1, 0.15) is 5.82 Å². The van der Waals surface area contributed by atoms with E-state index in [1.54, 1.807) is 6.07 Å². The summed E-state index contributed by atoms with van der Waals surface area (Å²) >= 11 is 3.49. The maximum atomic E-state index is 13.8. The highest BCUT2D eigenvalue weighted by Crippen LogP contribution is 2.28. The smallest absolute Gasteiger partial charge is 0.128 e. The Morgan fingerprint density at radius 2 is 1.78 bits per heavy atom. The Morgan fingerprint density at radius 1 is 1.11 bits per heavy atom. The Morgan fingerprint density at radius 3 is 2.44 bits per heavy atom. The van der Waals surface area contributed by atoms with Crippen molar-refractivity contribution in [3.8, 4) is 0 Å². The first-order valence-electron chi connectivity index (χ1n) is 5.98. The summed E-state index contributed by atoms with van der Waals surface area (Å²) in [6.45, 7) is 2.04. The van der Waals surface area contributed by atoms with E-state index in [9.17, 15) is 4.39 Å². The van der Waals surface area contributed by atoms with Crippen LogP contribution in [0.15, 0.2) is 53.0 Å². The first-order valence-corrected chi connectivity index (χ1v) is 6.77. The summed E-state index contributed by atoms with van der Waals surface area (Å²) in [7, 11) is 0. The molecule has 1 atom stereocenters. The molecule has 0 bridgehead atoms. The van der Waals surface area contributed by atoms with E-state index in [-0.39, 0.29) is 11.9 Å². The maximum absolute atomic E-state index is 13.8. The lowest BCUT2D eigenvalue weighted by molar-refractivity contribution is 0.587. The quantitative estimate of drug-likeness (QED) is 0.823. The Hall–Kier alpha value is -1.35. The van der Waals surface area contributed by atoms with Crippen LogP contribution >= 0.6 is 15.9 Å². The average molecular weight is 308 g/mol. The lowest BCUT2D eigenvalue weighted by Gasteiger charge is -2.20. The van der Waals surface area contributed by atoms with Crippen molar-refractivity contribution in [1.82, 2.24) is 0 Å². The zero-order valence-electron chi connectivity index (χ0n) is 10.2. The topological polar surface area (TPSA) is 12.0 Å². The normalized spacial score (nSPS) is 12.2. The Kier molecular flexibility index (Phi) is 4.37. The summed E-state index contributed by atoms with van der Waals surface area (Å²) < 4.78 is 14.8. The van der Waals surface area contributed by atoms with Crippen LogP contribution in [0.2, 0.25) is 0 Å². The van der Waals surface area contributed by atoms with Gasteiger partial charge in [-0.1, -0.05) is 37.3 Å². The molecule has 3 heteroatoms. The fourth-order valence-corrected chi connectivity index (χ4v) is 2.32. The van der Waals surface area contributed by atoms with Crippen LogP contribution in [0, 0.1) is 5.82 Å². The van der Waals surface area contributed by atoms with Crippen LogP contribution in [0.25, 0.3) is 0 Å². The van der Waals surface area contributed by atoms with E-state index in [1.165, 1.54) is 6.07 Å². The molecule has 2 aromatic rings.